The summed E-state index contributed by atoms with van der Waals surface area (Å²) in [5.74, 6) is -1.05. The van der Waals surface area contributed by atoms with Crippen LogP contribution in [0.2, 0.25) is 0 Å². The molecule has 2 amide bonds. The van der Waals surface area contributed by atoms with Crippen LogP contribution >= 0.6 is 0 Å². The lowest BCUT2D eigenvalue weighted by molar-refractivity contribution is -0.178. The molecule has 1 saturated heterocycles. The van der Waals surface area contributed by atoms with Gasteiger partial charge in [-0.05, 0) is 12.8 Å². The number of rotatable bonds is 40. The number of carbonyl (C=O) groups excluding carboxylic acids is 3. The summed E-state index contributed by atoms with van der Waals surface area (Å²) in [5.41, 5.74) is 0. The molecular weight excluding hydrogens is 654 g/mol. The zero-order valence-electron chi connectivity index (χ0n) is 34.3. The number of carbonyl (C=O) groups is 3. The molecule has 1 fully saturated rings. The minimum absolute atomic E-state index is 0.0460. The molecule has 8 nitrogen and oxygen atoms in total. The van der Waals surface area contributed by atoms with Crippen LogP contribution in [0, 0.1) is 0 Å². The molecule has 0 bridgehead atoms. The second-order valence-corrected chi connectivity index (χ2v) is 15.4. The van der Waals surface area contributed by atoms with Crippen molar-refractivity contribution in [3.63, 3.8) is 0 Å². The van der Waals surface area contributed by atoms with Crippen molar-refractivity contribution >= 4 is 18.0 Å². The Bertz CT molecular complexity index is 806. The third-order valence-electron chi connectivity index (χ3n) is 10.4. The highest BCUT2D eigenvalue weighted by Crippen LogP contribution is 2.16. The lowest BCUT2D eigenvalue weighted by Crippen LogP contribution is -2.34. The zero-order chi connectivity index (χ0) is 37.6. The minimum atomic E-state index is -1.07. The van der Waals surface area contributed by atoms with Crippen LogP contribution in [-0.4, -0.2) is 55.6 Å². The molecule has 0 saturated carbocycles. The van der Waals surface area contributed by atoms with E-state index in [4.69, 9.17) is 19.0 Å². The monoisotopic (exact) mass is 738 g/mol. The van der Waals surface area contributed by atoms with Crippen molar-refractivity contribution < 1.29 is 33.4 Å². The molecule has 1 atom stereocenters. The van der Waals surface area contributed by atoms with Gasteiger partial charge in [0.05, 0.1) is 6.61 Å². The SMILES string of the molecule is CCCCCCCCCCCCCCCCCCOCC(COC(=O)ON1C(=O)CCC1=O)OCCCCCCCCCCCCCCCCCC. The van der Waals surface area contributed by atoms with E-state index in [1.807, 2.05) is 0 Å². The Hall–Kier alpha value is -1.67. The maximum atomic E-state index is 12.2. The predicted molar refractivity (Wildman–Crippen MR) is 213 cm³/mol. The summed E-state index contributed by atoms with van der Waals surface area (Å²) in [5, 5.41) is 0.502. The third-order valence-corrected chi connectivity index (χ3v) is 10.4. The van der Waals surface area contributed by atoms with Crippen LogP contribution in [0.5, 0.6) is 0 Å². The van der Waals surface area contributed by atoms with Crippen LogP contribution in [0.1, 0.15) is 232 Å². The summed E-state index contributed by atoms with van der Waals surface area (Å²) >= 11 is 0. The van der Waals surface area contributed by atoms with Gasteiger partial charge in [0.25, 0.3) is 11.8 Å². The smallest absolute Gasteiger partial charge is 0.430 e. The first-order valence-electron chi connectivity index (χ1n) is 22.5. The fraction of sp³-hybridized carbons (Fsp3) is 0.932. The van der Waals surface area contributed by atoms with Crippen molar-refractivity contribution in [2.45, 2.75) is 238 Å². The van der Waals surface area contributed by atoms with Gasteiger partial charge >= 0.3 is 6.16 Å². The molecule has 1 heterocycles. The van der Waals surface area contributed by atoms with Crippen molar-refractivity contribution in [1.29, 1.82) is 0 Å². The molecule has 1 aliphatic heterocycles. The number of ether oxygens (including phenoxy) is 3. The fourth-order valence-corrected chi connectivity index (χ4v) is 6.93. The quantitative estimate of drug-likeness (QED) is 0.0351. The van der Waals surface area contributed by atoms with Crippen molar-refractivity contribution in [2.75, 3.05) is 26.4 Å². The summed E-state index contributed by atoms with van der Waals surface area (Å²) in [6, 6.07) is 0. The van der Waals surface area contributed by atoms with Crippen LogP contribution in [0.15, 0.2) is 0 Å². The zero-order valence-corrected chi connectivity index (χ0v) is 34.3. The van der Waals surface area contributed by atoms with Gasteiger partial charge in [-0.2, -0.15) is 0 Å². The highest BCUT2D eigenvalue weighted by molar-refractivity contribution is 6.01. The molecular formula is C44H83NO7. The molecule has 0 spiro atoms. The van der Waals surface area contributed by atoms with Crippen LogP contribution in [0.25, 0.3) is 0 Å². The third kappa shape index (κ3) is 30.8. The van der Waals surface area contributed by atoms with E-state index in [0.29, 0.717) is 24.9 Å². The second kappa shape index (κ2) is 37.6. The summed E-state index contributed by atoms with van der Waals surface area (Å²) in [4.78, 5) is 40.5. The summed E-state index contributed by atoms with van der Waals surface area (Å²) in [6.07, 6.45) is 41.1. The number of amides is 2. The molecule has 8 heteroatoms. The van der Waals surface area contributed by atoms with Gasteiger partial charge in [-0.3, -0.25) is 14.4 Å². The van der Waals surface area contributed by atoms with E-state index >= 15 is 0 Å². The topological polar surface area (TPSA) is 91.4 Å². The average Bonchev–Trinajstić information content (AvgIpc) is 3.46. The van der Waals surface area contributed by atoms with Gasteiger partial charge in [-0.1, -0.05) is 212 Å². The first kappa shape index (κ1) is 48.3. The predicted octanol–water partition coefficient (Wildman–Crippen LogP) is 13.1. The Labute approximate surface area is 320 Å². The first-order valence-corrected chi connectivity index (χ1v) is 22.5. The fourth-order valence-electron chi connectivity index (χ4n) is 6.93. The number of hydroxylamine groups is 2. The van der Waals surface area contributed by atoms with E-state index < -0.39 is 24.1 Å². The Kier molecular flexibility index (Phi) is 35.0. The summed E-state index contributed by atoms with van der Waals surface area (Å²) in [6.45, 7) is 6.06. The van der Waals surface area contributed by atoms with Crippen molar-refractivity contribution in [3.05, 3.63) is 0 Å². The van der Waals surface area contributed by atoms with Crippen LogP contribution in [-0.2, 0) is 28.6 Å². The van der Waals surface area contributed by atoms with Crippen molar-refractivity contribution in [3.8, 4) is 0 Å². The number of nitrogens with zero attached hydrogens (tertiary/aromatic N) is 1. The van der Waals surface area contributed by atoms with Gasteiger partial charge in [0.2, 0.25) is 0 Å². The maximum Gasteiger partial charge on any atom is 0.534 e. The van der Waals surface area contributed by atoms with Crippen molar-refractivity contribution in [1.82, 2.24) is 5.06 Å². The lowest BCUT2D eigenvalue weighted by atomic mass is 10.0. The Morgan fingerprint density at radius 3 is 1.17 bits per heavy atom. The van der Waals surface area contributed by atoms with E-state index in [2.05, 4.69) is 13.8 Å². The molecule has 0 N–H and O–H groups in total. The molecule has 306 valence electrons. The molecule has 1 aliphatic rings. The molecule has 0 aromatic rings. The number of imide groups is 1. The normalized spacial score (nSPS) is 13.7. The largest absolute Gasteiger partial charge is 0.534 e. The lowest BCUT2D eigenvalue weighted by Gasteiger charge is -2.19. The second-order valence-electron chi connectivity index (χ2n) is 15.4. The maximum absolute atomic E-state index is 12.2. The highest BCUT2D eigenvalue weighted by Gasteiger charge is 2.33. The number of hydrogen-bond donors (Lipinski definition) is 0. The number of hydrogen-bond acceptors (Lipinski definition) is 7. The summed E-state index contributed by atoms with van der Waals surface area (Å²) in [7, 11) is 0. The minimum Gasteiger partial charge on any atom is -0.430 e. The van der Waals surface area contributed by atoms with Crippen molar-refractivity contribution in [2.24, 2.45) is 0 Å². The molecule has 0 aromatic heterocycles. The molecule has 1 unspecified atom stereocenters. The standard InChI is InChI=1S/C44H83NO7/c1-3-5-7-9-11-13-15-17-19-21-23-25-27-29-31-33-37-49-39-41(40-51-44(48)52-45-42(46)35-36-43(45)47)50-38-34-32-30-28-26-24-22-20-18-16-14-12-10-8-6-4-2/h41H,3-40H2,1-2H3. The van der Waals surface area contributed by atoms with Gasteiger partial charge in [0, 0.05) is 26.1 Å². The molecule has 1 rings (SSSR count). The molecule has 0 aliphatic carbocycles. The van der Waals surface area contributed by atoms with Gasteiger partial charge < -0.3 is 14.2 Å². The highest BCUT2D eigenvalue weighted by atomic mass is 16.8. The Balaban J connectivity index is 2.10. The van der Waals surface area contributed by atoms with E-state index in [1.54, 1.807) is 0 Å². The van der Waals surface area contributed by atoms with E-state index in [1.165, 1.54) is 180 Å². The molecule has 52 heavy (non-hydrogen) atoms. The van der Waals surface area contributed by atoms with E-state index in [-0.39, 0.29) is 19.4 Å². The van der Waals surface area contributed by atoms with Gasteiger partial charge in [-0.25, -0.2) is 4.79 Å². The first-order chi connectivity index (χ1) is 25.6. The average molecular weight is 738 g/mol. The Morgan fingerprint density at radius 1 is 0.481 bits per heavy atom. The van der Waals surface area contributed by atoms with E-state index in [9.17, 15) is 14.4 Å². The molecule has 0 aromatic carbocycles. The number of unbranched alkanes of at least 4 members (excludes halogenated alkanes) is 30. The van der Waals surface area contributed by atoms with Gasteiger partial charge in [-0.15, -0.1) is 0 Å². The molecule has 0 radical (unpaired) electrons. The van der Waals surface area contributed by atoms with Crippen LogP contribution in [0.4, 0.5) is 4.79 Å². The van der Waals surface area contributed by atoms with Gasteiger partial charge in [0.1, 0.15) is 12.7 Å². The Morgan fingerprint density at radius 2 is 0.808 bits per heavy atom. The van der Waals surface area contributed by atoms with E-state index in [0.717, 1.165) is 25.7 Å². The van der Waals surface area contributed by atoms with Crippen LogP contribution in [0.3, 0.4) is 0 Å². The van der Waals surface area contributed by atoms with Gasteiger partial charge in [0.15, 0.2) is 0 Å². The van der Waals surface area contributed by atoms with Crippen LogP contribution < -0.4 is 0 Å². The summed E-state index contributed by atoms with van der Waals surface area (Å²) < 4.78 is 17.2.